The predicted molar refractivity (Wildman–Crippen MR) is 160 cm³/mol. The minimum Gasteiger partial charge on any atom is -0.394 e. The van der Waals surface area contributed by atoms with Gasteiger partial charge in [-0.05, 0) is 61.6 Å². The van der Waals surface area contributed by atoms with Crippen molar-refractivity contribution in [1.82, 2.24) is 24.5 Å². The molecule has 3 atom stereocenters. The van der Waals surface area contributed by atoms with Crippen molar-refractivity contribution in [3.63, 3.8) is 0 Å². The van der Waals surface area contributed by atoms with Gasteiger partial charge in [-0.25, -0.2) is 4.98 Å². The van der Waals surface area contributed by atoms with Crippen LogP contribution in [0.2, 0.25) is 0 Å². The summed E-state index contributed by atoms with van der Waals surface area (Å²) in [7, 11) is 0. The largest absolute Gasteiger partial charge is 0.394 e. The highest BCUT2D eigenvalue weighted by Crippen LogP contribution is 2.30. The number of imidazole rings is 1. The molecule has 2 N–H and O–H groups in total. The van der Waals surface area contributed by atoms with E-state index in [0.29, 0.717) is 5.92 Å². The molecule has 6 rings (SSSR count). The Morgan fingerprint density at radius 2 is 1.79 bits per heavy atom. The van der Waals surface area contributed by atoms with E-state index in [1.54, 1.807) is 6.20 Å². The number of aliphatic hydroxyl groups is 2. The van der Waals surface area contributed by atoms with Gasteiger partial charge in [0, 0.05) is 31.1 Å². The first-order valence-corrected chi connectivity index (χ1v) is 14.9. The molecular weight excluding hydrogens is 530 g/mol. The van der Waals surface area contributed by atoms with Gasteiger partial charge in [0.25, 0.3) is 0 Å². The Bertz CT molecular complexity index is 1450. The summed E-state index contributed by atoms with van der Waals surface area (Å²) in [4.78, 5) is 4.52. The van der Waals surface area contributed by atoms with Crippen molar-refractivity contribution >= 4 is 6.08 Å². The van der Waals surface area contributed by atoms with E-state index in [-0.39, 0.29) is 31.1 Å². The SMILES string of the molecule is C[C@H](OC1CCCCO1)c1nccn1[C@@H](/C=C/c1ccc(-c2ccc(-c3cn(CC4CC(O)C4)nn3)cc2)cc1)CO. The highest BCUT2D eigenvalue weighted by atomic mass is 16.7. The first kappa shape index (κ1) is 28.5. The van der Waals surface area contributed by atoms with Gasteiger partial charge in [-0.15, -0.1) is 5.10 Å². The first-order chi connectivity index (χ1) is 20.6. The fraction of sp³-hybridized carbons (Fsp3) is 0.424. The van der Waals surface area contributed by atoms with Crippen LogP contribution >= 0.6 is 0 Å². The summed E-state index contributed by atoms with van der Waals surface area (Å²) in [6.07, 6.45) is 13.8. The van der Waals surface area contributed by atoms with Gasteiger partial charge in [0.1, 0.15) is 17.6 Å². The average molecular weight is 570 g/mol. The number of nitrogens with zero attached hydrogens (tertiary/aromatic N) is 5. The molecule has 0 bridgehead atoms. The van der Waals surface area contributed by atoms with Gasteiger partial charge in [-0.1, -0.05) is 65.9 Å². The molecule has 0 spiro atoms. The fourth-order valence-corrected chi connectivity index (χ4v) is 5.74. The maximum atomic E-state index is 10.2. The lowest BCUT2D eigenvalue weighted by atomic mass is 9.82. The lowest BCUT2D eigenvalue weighted by Crippen LogP contribution is -2.31. The summed E-state index contributed by atoms with van der Waals surface area (Å²) >= 11 is 0. The molecule has 0 amide bonds. The molecule has 9 heteroatoms. The van der Waals surface area contributed by atoms with Crippen LogP contribution in [0, 0.1) is 5.92 Å². The third kappa shape index (κ3) is 6.71. The van der Waals surface area contributed by atoms with Crippen molar-refractivity contribution in [2.24, 2.45) is 5.92 Å². The lowest BCUT2D eigenvalue weighted by Gasteiger charge is -2.30. The van der Waals surface area contributed by atoms with Gasteiger partial charge in [0.05, 0.1) is 24.9 Å². The van der Waals surface area contributed by atoms with E-state index in [4.69, 9.17) is 9.47 Å². The maximum absolute atomic E-state index is 10.2. The molecule has 4 aromatic rings. The number of hydrogen-bond acceptors (Lipinski definition) is 7. The van der Waals surface area contributed by atoms with Crippen LogP contribution in [0.5, 0.6) is 0 Å². The van der Waals surface area contributed by atoms with Crippen molar-refractivity contribution in [3.8, 4) is 22.4 Å². The van der Waals surface area contributed by atoms with Crippen LogP contribution in [0.4, 0.5) is 0 Å². The molecule has 1 aliphatic carbocycles. The topological polar surface area (TPSA) is 107 Å². The zero-order valence-corrected chi connectivity index (χ0v) is 24.0. The highest BCUT2D eigenvalue weighted by Gasteiger charge is 2.27. The molecular formula is C33H39N5O4. The highest BCUT2D eigenvalue weighted by molar-refractivity contribution is 5.69. The van der Waals surface area contributed by atoms with Crippen LogP contribution in [0.15, 0.2) is 73.2 Å². The maximum Gasteiger partial charge on any atom is 0.158 e. The van der Waals surface area contributed by atoms with Crippen molar-refractivity contribution in [2.75, 3.05) is 13.2 Å². The zero-order valence-electron chi connectivity index (χ0n) is 24.0. The van der Waals surface area contributed by atoms with Gasteiger partial charge in [0.15, 0.2) is 6.29 Å². The van der Waals surface area contributed by atoms with Crippen LogP contribution in [0.25, 0.3) is 28.5 Å². The van der Waals surface area contributed by atoms with E-state index >= 15 is 0 Å². The minimum absolute atomic E-state index is 0.0472. The van der Waals surface area contributed by atoms with Crippen LogP contribution in [-0.2, 0) is 16.0 Å². The Hall–Kier alpha value is -3.63. The van der Waals surface area contributed by atoms with E-state index in [1.807, 2.05) is 40.7 Å². The Kier molecular flexibility index (Phi) is 8.90. The second-order valence-electron chi connectivity index (χ2n) is 11.4. The lowest BCUT2D eigenvalue weighted by molar-refractivity contribution is -0.188. The van der Waals surface area contributed by atoms with Crippen molar-refractivity contribution in [1.29, 1.82) is 0 Å². The Morgan fingerprint density at radius 3 is 2.48 bits per heavy atom. The number of ether oxygens (including phenoxy) is 2. The molecule has 42 heavy (non-hydrogen) atoms. The Balaban J connectivity index is 1.07. The summed E-state index contributed by atoms with van der Waals surface area (Å²) in [5.74, 6) is 1.25. The monoisotopic (exact) mass is 569 g/mol. The van der Waals surface area contributed by atoms with E-state index in [1.165, 1.54) is 0 Å². The molecule has 1 saturated heterocycles. The van der Waals surface area contributed by atoms with E-state index in [9.17, 15) is 10.2 Å². The molecule has 1 unspecified atom stereocenters. The van der Waals surface area contributed by atoms with E-state index < -0.39 is 0 Å². The number of aliphatic hydroxyl groups excluding tert-OH is 2. The summed E-state index contributed by atoms with van der Waals surface area (Å²) in [6.45, 7) is 3.46. The molecule has 2 aliphatic rings. The normalized spacial score (nSPS) is 22.2. The standard InChI is InChI=1S/C33H39N5O4/c1-23(42-32-4-2-3-17-41-32)33-34-15-16-38(33)29(22-39)14-7-24-5-8-26(9-6-24)27-10-12-28(13-11-27)31-21-37(36-35-31)20-25-18-30(40)19-25/h5-16,21,23,25,29-30,32,39-40H,2-4,17-20,22H2,1H3/b14-7+/t23-,25?,29-,30?,32?/m0/s1. The third-order valence-corrected chi connectivity index (χ3v) is 8.23. The Labute approximate surface area is 246 Å². The van der Waals surface area contributed by atoms with Crippen molar-refractivity contribution < 1.29 is 19.7 Å². The smallest absolute Gasteiger partial charge is 0.158 e. The molecule has 2 fully saturated rings. The fourth-order valence-electron chi connectivity index (χ4n) is 5.74. The number of rotatable bonds is 11. The van der Waals surface area contributed by atoms with Gasteiger partial charge in [-0.2, -0.15) is 0 Å². The average Bonchev–Trinajstić information content (AvgIpc) is 3.68. The van der Waals surface area contributed by atoms with Crippen LogP contribution < -0.4 is 0 Å². The minimum atomic E-state index is -0.258. The van der Waals surface area contributed by atoms with Gasteiger partial charge in [0.2, 0.25) is 0 Å². The number of aromatic nitrogens is 5. The van der Waals surface area contributed by atoms with Crippen molar-refractivity contribution in [3.05, 3.63) is 84.6 Å². The second-order valence-corrected chi connectivity index (χ2v) is 11.4. The molecule has 2 aromatic heterocycles. The van der Waals surface area contributed by atoms with Crippen LogP contribution in [-0.4, -0.2) is 60.4 Å². The summed E-state index contributed by atoms with van der Waals surface area (Å²) in [6, 6.07) is 16.5. The van der Waals surface area contributed by atoms with E-state index in [0.717, 1.165) is 79.0 Å². The summed E-state index contributed by atoms with van der Waals surface area (Å²) in [5.41, 5.74) is 5.17. The third-order valence-electron chi connectivity index (χ3n) is 8.23. The summed E-state index contributed by atoms with van der Waals surface area (Å²) in [5, 5.41) is 28.3. The van der Waals surface area contributed by atoms with Crippen LogP contribution in [0.1, 0.15) is 62.6 Å². The molecule has 1 aliphatic heterocycles. The quantitative estimate of drug-likeness (QED) is 0.248. The first-order valence-electron chi connectivity index (χ1n) is 14.9. The van der Waals surface area contributed by atoms with Crippen LogP contribution in [0.3, 0.4) is 0 Å². The molecule has 9 nitrogen and oxygen atoms in total. The molecule has 2 aromatic carbocycles. The second kappa shape index (κ2) is 13.1. The molecule has 220 valence electrons. The van der Waals surface area contributed by atoms with E-state index in [2.05, 4.69) is 63.8 Å². The van der Waals surface area contributed by atoms with Gasteiger partial charge >= 0.3 is 0 Å². The summed E-state index contributed by atoms with van der Waals surface area (Å²) < 4.78 is 15.7. The molecule has 3 heterocycles. The molecule has 0 radical (unpaired) electrons. The zero-order chi connectivity index (χ0) is 28.9. The van der Waals surface area contributed by atoms with Crippen molar-refractivity contribution in [2.45, 2.75) is 70.1 Å². The number of hydrogen-bond donors (Lipinski definition) is 2. The Morgan fingerprint density at radius 1 is 1.05 bits per heavy atom. The van der Waals surface area contributed by atoms with Gasteiger partial charge in [-0.3, -0.25) is 4.68 Å². The molecule has 1 saturated carbocycles. The number of benzene rings is 2. The van der Waals surface area contributed by atoms with Gasteiger partial charge < -0.3 is 24.3 Å². The predicted octanol–water partition coefficient (Wildman–Crippen LogP) is 5.43.